The van der Waals surface area contributed by atoms with Gasteiger partial charge in [0.15, 0.2) is 0 Å². The quantitative estimate of drug-likeness (QED) is 0.661. The smallest absolute Gasteiger partial charge is 0.339 e. The largest absolute Gasteiger partial charge is 0.457 e. The van der Waals surface area contributed by atoms with Gasteiger partial charge in [-0.25, -0.2) is 9.18 Å². The molecule has 20 heavy (non-hydrogen) atoms. The fourth-order valence-electron chi connectivity index (χ4n) is 1.58. The van der Waals surface area contributed by atoms with Crippen LogP contribution < -0.4 is 5.73 Å². The van der Waals surface area contributed by atoms with Crippen molar-refractivity contribution < 1.29 is 13.9 Å². The third-order valence-electron chi connectivity index (χ3n) is 2.60. The highest BCUT2D eigenvalue weighted by molar-refractivity contribution is 9.10. The first kappa shape index (κ1) is 14.8. The van der Waals surface area contributed by atoms with E-state index >= 15 is 0 Å². The summed E-state index contributed by atoms with van der Waals surface area (Å²) in [6.45, 7) is -0.114. The number of nitrogen functional groups attached to an aromatic ring is 1. The molecule has 0 heterocycles. The molecular formula is C14H10BrClFNO2. The standard InChI is InChI=1S/C14H10BrClFNO2/c15-11-5-4-9(18)6-10(11)14(19)20-7-8-2-1-3-12(17)13(8)16/h1-6H,7,18H2. The van der Waals surface area contributed by atoms with Crippen molar-refractivity contribution >= 4 is 39.2 Å². The molecule has 0 bridgehead atoms. The summed E-state index contributed by atoms with van der Waals surface area (Å²) < 4.78 is 18.9. The highest BCUT2D eigenvalue weighted by atomic mass is 79.9. The van der Waals surface area contributed by atoms with Crippen LogP contribution in [-0.2, 0) is 11.3 Å². The van der Waals surface area contributed by atoms with Gasteiger partial charge in [-0.15, -0.1) is 0 Å². The van der Waals surface area contributed by atoms with Gasteiger partial charge in [0.1, 0.15) is 12.4 Å². The van der Waals surface area contributed by atoms with Gasteiger partial charge in [-0.1, -0.05) is 23.7 Å². The van der Waals surface area contributed by atoms with Gasteiger partial charge in [0.05, 0.1) is 10.6 Å². The molecule has 0 radical (unpaired) electrons. The number of benzene rings is 2. The summed E-state index contributed by atoms with van der Waals surface area (Å²) in [4.78, 5) is 11.9. The van der Waals surface area contributed by atoms with Crippen molar-refractivity contribution in [1.29, 1.82) is 0 Å². The summed E-state index contributed by atoms with van der Waals surface area (Å²) in [6, 6.07) is 9.14. The predicted molar refractivity (Wildman–Crippen MR) is 79.1 cm³/mol. The van der Waals surface area contributed by atoms with E-state index in [9.17, 15) is 9.18 Å². The van der Waals surface area contributed by atoms with Gasteiger partial charge in [-0.05, 0) is 40.2 Å². The maximum atomic E-state index is 13.2. The number of carbonyl (C=O) groups excluding carboxylic acids is 1. The number of nitrogens with two attached hydrogens (primary N) is 1. The Kier molecular flexibility index (Phi) is 4.62. The molecule has 2 aromatic carbocycles. The number of ether oxygens (including phenoxy) is 1. The van der Waals surface area contributed by atoms with Crippen LogP contribution in [0.3, 0.4) is 0 Å². The summed E-state index contributed by atoms with van der Waals surface area (Å²) in [5.41, 5.74) is 6.77. The second kappa shape index (κ2) is 6.24. The number of hydrogen-bond acceptors (Lipinski definition) is 3. The van der Waals surface area contributed by atoms with E-state index in [0.717, 1.165) is 0 Å². The molecule has 0 aliphatic carbocycles. The van der Waals surface area contributed by atoms with Crippen molar-refractivity contribution in [2.24, 2.45) is 0 Å². The van der Waals surface area contributed by atoms with E-state index in [1.165, 1.54) is 18.2 Å². The lowest BCUT2D eigenvalue weighted by molar-refractivity contribution is 0.0471. The van der Waals surface area contributed by atoms with Gasteiger partial charge in [0.25, 0.3) is 0 Å². The van der Waals surface area contributed by atoms with Gasteiger partial charge in [0.2, 0.25) is 0 Å². The minimum Gasteiger partial charge on any atom is -0.457 e. The molecule has 0 saturated carbocycles. The van der Waals surface area contributed by atoms with E-state index < -0.39 is 11.8 Å². The number of anilines is 1. The minimum absolute atomic E-state index is 0.0491. The number of esters is 1. The Labute approximate surface area is 128 Å². The van der Waals surface area contributed by atoms with Gasteiger partial charge in [0, 0.05) is 15.7 Å². The van der Waals surface area contributed by atoms with Crippen LogP contribution in [0, 0.1) is 5.82 Å². The molecule has 104 valence electrons. The minimum atomic E-state index is -0.565. The van der Waals surface area contributed by atoms with Crippen LogP contribution in [0.2, 0.25) is 5.02 Å². The third-order valence-corrected chi connectivity index (χ3v) is 3.72. The number of halogens is 3. The molecule has 0 aliphatic rings. The highest BCUT2D eigenvalue weighted by Gasteiger charge is 2.13. The fourth-order valence-corrected chi connectivity index (χ4v) is 2.17. The molecule has 6 heteroatoms. The van der Waals surface area contributed by atoms with Crippen molar-refractivity contribution in [3.63, 3.8) is 0 Å². The van der Waals surface area contributed by atoms with E-state index in [2.05, 4.69) is 15.9 Å². The Morgan fingerprint density at radius 1 is 1.35 bits per heavy atom. The normalized spacial score (nSPS) is 10.3. The molecule has 3 nitrogen and oxygen atoms in total. The maximum absolute atomic E-state index is 13.2. The number of hydrogen-bond donors (Lipinski definition) is 1. The Bertz CT molecular complexity index is 664. The first-order valence-electron chi connectivity index (χ1n) is 5.64. The zero-order chi connectivity index (χ0) is 14.7. The van der Waals surface area contributed by atoms with Gasteiger partial charge >= 0.3 is 5.97 Å². The average molecular weight is 359 g/mol. The predicted octanol–water partition coefficient (Wildman–Crippen LogP) is 4.18. The second-order valence-electron chi connectivity index (χ2n) is 4.03. The van der Waals surface area contributed by atoms with Crippen LogP contribution in [0.25, 0.3) is 0 Å². The molecule has 2 aromatic rings. The van der Waals surface area contributed by atoms with Gasteiger partial charge in [-0.3, -0.25) is 0 Å². The van der Waals surface area contributed by atoms with Crippen LogP contribution >= 0.6 is 27.5 Å². The number of carbonyl (C=O) groups is 1. The zero-order valence-electron chi connectivity index (χ0n) is 10.2. The topological polar surface area (TPSA) is 52.3 Å². The van der Waals surface area contributed by atoms with E-state index in [1.807, 2.05) is 0 Å². The van der Waals surface area contributed by atoms with Crippen LogP contribution in [0.1, 0.15) is 15.9 Å². The van der Waals surface area contributed by atoms with E-state index in [1.54, 1.807) is 18.2 Å². The Hall–Kier alpha value is -1.59. The molecular weight excluding hydrogens is 349 g/mol. The van der Waals surface area contributed by atoms with Gasteiger partial charge < -0.3 is 10.5 Å². The number of rotatable bonds is 3. The monoisotopic (exact) mass is 357 g/mol. The van der Waals surface area contributed by atoms with Crippen LogP contribution in [0.4, 0.5) is 10.1 Å². The molecule has 0 aromatic heterocycles. The molecule has 2 N–H and O–H groups in total. The highest BCUT2D eigenvalue weighted by Crippen LogP contribution is 2.23. The van der Waals surface area contributed by atoms with E-state index in [0.29, 0.717) is 21.3 Å². The lowest BCUT2D eigenvalue weighted by atomic mass is 10.2. The molecule has 0 aliphatic heterocycles. The molecule has 2 rings (SSSR count). The average Bonchev–Trinajstić information content (AvgIpc) is 2.43. The zero-order valence-corrected chi connectivity index (χ0v) is 12.5. The molecule has 0 amide bonds. The molecule has 0 saturated heterocycles. The maximum Gasteiger partial charge on any atom is 0.339 e. The van der Waals surface area contributed by atoms with Crippen molar-refractivity contribution in [2.45, 2.75) is 6.61 Å². The summed E-state index contributed by atoms with van der Waals surface area (Å²) in [6.07, 6.45) is 0. The molecule has 0 fully saturated rings. The van der Waals surface area contributed by atoms with Crippen molar-refractivity contribution in [3.8, 4) is 0 Å². The van der Waals surface area contributed by atoms with E-state index in [4.69, 9.17) is 22.1 Å². The Balaban J connectivity index is 2.13. The summed E-state index contributed by atoms with van der Waals surface area (Å²) in [5.74, 6) is -1.12. The fraction of sp³-hybridized carbons (Fsp3) is 0.0714. The summed E-state index contributed by atoms with van der Waals surface area (Å²) in [7, 11) is 0. The lowest BCUT2D eigenvalue weighted by Crippen LogP contribution is -2.07. The van der Waals surface area contributed by atoms with Crippen LogP contribution in [0.5, 0.6) is 0 Å². The lowest BCUT2D eigenvalue weighted by Gasteiger charge is -2.08. The first-order chi connectivity index (χ1) is 9.49. The molecule has 0 unspecified atom stereocenters. The first-order valence-corrected chi connectivity index (χ1v) is 6.81. The van der Waals surface area contributed by atoms with Crippen molar-refractivity contribution in [2.75, 3.05) is 5.73 Å². The molecule has 0 spiro atoms. The van der Waals surface area contributed by atoms with E-state index in [-0.39, 0.29) is 11.6 Å². The summed E-state index contributed by atoms with van der Waals surface area (Å²) in [5, 5.41) is -0.0491. The van der Waals surface area contributed by atoms with Gasteiger partial charge in [-0.2, -0.15) is 0 Å². The Morgan fingerprint density at radius 2 is 2.10 bits per heavy atom. The van der Waals surface area contributed by atoms with Crippen molar-refractivity contribution in [3.05, 3.63) is 62.8 Å². The Morgan fingerprint density at radius 3 is 2.85 bits per heavy atom. The SMILES string of the molecule is Nc1ccc(Br)c(C(=O)OCc2cccc(F)c2Cl)c1. The van der Waals surface area contributed by atoms with Crippen LogP contribution in [-0.4, -0.2) is 5.97 Å². The van der Waals surface area contributed by atoms with Crippen LogP contribution in [0.15, 0.2) is 40.9 Å². The summed E-state index contributed by atoms with van der Waals surface area (Å²) >= 11 is 9.02. The molecule has 0 atom stereocenters. The second-order valence-corrected chi connectivity index (χ2v) is 5.26. The third kappa shape index (κ3) is 3.29. The van der Waals surface area contributed by atoms with Crippen molar-refractivity contribution in [1.82, 2.24) is 0 Å².